The molecule has 1 heterocycles. The Morgan fingerprint density at radius 2 is 1.82 bits per heavy atom. The fourth-order valence-corrected chi connectivity index (χ4v) is 3.80. The number of rotatable bonds is 3. The minimum absolute atomic E-state index is 0.0884. The highest BCUT2D eigenvalue weighted by molar-refractivity contribution is 9.11. The summed E-state index contributed by atoms with van der Waals surface area (Å²) in [5.41, 5.74) is 0.691. The highest BCUT2D eigenvalue weighted by Gasteiger charge is 2.10. The fraction of sp³-hybridized carbons (Fsp3) is 0.0833. The highest BCUT2D eigenvalue weighted by Crippen LogP contribution is 2.25. The van der Waals surface area contributed by atoms with Gasteiger partial charge in [-0.25, -0.2) is 0 Å². The summed E-state index contributed by atoms with van der Waals surface area (Å²) in [6, 6.07) is 9.24. The lowest BCUT2D eigenvalue weighted by atomic mass is 10.1. The monoisotopic (exact) mass is 392 g/mol. The van der Waals surface area contributed by atoms with E-state index in [4.69, 9.17) is 11.6 Å². The number of ketones is 1. The molecule has 0 amide bonds. The molecule has 2 aromatic rings. The van der Waals surface area contributed by atoms with Crippen LogP contribution >= 0.6 is 54.8 Å². The topological polar surface area (TPSA) is 17.1 Å². The van der Waals surface area contributed by atoms with Crippen LogP contribution < -0.4 is 0 Å². The Hall–Kier alpha value is -0.160. The third-order valence-corrected chi connectivity index (χ3v) is 4.29. The molecule has 0 fully saturated rings. The number of hydrogen-bond acceptors (Lipinski definition) is 2. The van der Waals surface area contributed by atoms with Gasteiger partial charge in [0.1, 0.15) is 0 Å². The normalized spacial score (nSPS) is 10.5. The SMILES string of the molecule is O=C(Cc1ccc(Cl)s1)c1cc(Br)cc(Br)c1. The molecule has 0 bridgehead atoms. The lowest BCUT2D eigenvalue weighted by molar-refractivity contribution is 0.0993. The standard InChI is InChI=1S/C12H7Br2ClOS/c13-8-3-7(4-9(14)5-8)11(16)6-10-1-2-12(15)17-10/h1-5H,6H2. The van der Waals surface area contributed by atoms with Crippen LogP contribution in [0.15, 0.2) is 39.3 Å². The highest BCUT2D eigenvalue weighted by atomic mass is 79.9. The Labute approximate surface area is 125 Å². The molecule has 0 N–H and O–H groups in total. The summed E-state index contributed by atoms with van der Waals surface area (Å²) in [6.45, 7) is 0. The zero-order valence-electron chi connectivity index (χ0n) is 8.54. The molecule has 5 heteroatoms. The van der Waals surface area contributed by atoms with Gasteiger partial charge in [0.05, 0.1) is 4.34 Å². The van der Waals surface area contributed by atoms with Gasteiger partial charge in [0, 0.05) is 25.8 Å². The third kappa shape index (κ3) is 3.65. The number of Topliss-reactive ketones (excluding diaryl/α,β-unsaturated/α-hetero) is 1. The Morgan fingerprint density at radius 3 is 2.35 bits per heavy atom. The van der Waals surface area contributed by atoms with Gasteiger partial charge in [-0.2, -0.15) is 0 Å². The van der Waals surface area contributed by atoms with Gasteiger partial charge in [0.15, 0.2) is 5.78 Å². The predicted octanol–water partition coefficient (Wildman–Crippen LogP) is 5.35. The van der Waals surface area contributed by atoms with E-state index in [0.29, 0.717) is 16.3 Å². The Balaban J connectivity index is 2.19. The molecule has 0 aliphatic carbocycles. The van der Waals surface area contributed by atoms with Crippen molar-refractivity contribution in [2.24, 2.45) is 0 Å². The Kier molecular flexibility index (Phi) is 4.42. The number of benzene rings is 1. The van der Waals surface area contributed by atoms with Gasteiger partial charge in [-0.3, -0.25) is 4.79 Å². The van der Waals surface area contributed by atoms with Crippen molar-refractivity contribution in [1.29, 1.82) is 0 Å². The van der Waals surface area contributed by atoms with Crippen molar-refractivity contribution in [1.82, 2.24) is 0 Å². The van der Waals surface area contributed by atoms with Crippen molar-refractivity contribution >= 4 is 60.6 Å². The van der Waals surface area contributed by atoms with Crippen molar-refractivity contribution in [2.45, 2.75) is 6.42 Å². The van der Waals surface area contributed by atoms with Gasteiger partial charge in [-0.05, 0) is 30.3 Å². The molecule has 0 atom stereocenters. The minimum Gasteiger partial charge on any atom is -0.294 e. The summed E-state index contributed by atoms with van der Waals surface area (Å²) in [7, 11) is 0. The lowest BCUT2D eigenvalue weighted by Crippen LogP contribution is -2.02. The van der Waals surface area contributed by atoms with E-state index >= 15 is 0 Å². The number of carbonyl (C=O) groups excluding carboxylic acids is 1. The van der Waals surface area contributed by atoms with E-state index in [9.17, 15) is 4.79 Å². The largest absolute Gasteiger partial charge is 0.294 e. The fourth-order valence-electron chi connectivity index (χ4n) is 1.42. The van der Waals surface area contributed by atoms with Crippen LogP contribution in [0.2, 0.25) is 4.34 Å². The quantitative estimate of drug-likeness (QED) is 0.641. The van der Waals surface area contributed by atoms with Crippen LogP contribution in [0.5, 0.6) is 0 Å². The number of halogens is 3. The number of hydrogen-bond donors (Lipinski definition) is 0. The molecule has 0 aliphatic heterocycles. The zero-order valence-corrected chi connectivity index (χ0v) is 13.3. The predicted molar refractivity (Wildman–Crippen MR) is 79.2 cm³/mol. The Bertz CT molecular complexity index is 545. The van der Waals surface area contributed by atoms with E-state index in [0.717, 1.165) is 13.8 Å². The van der Waals surface area contributed by atoms with Crippen molar-refractivity contribution in [2.75, 3.05) is 0 Å². The van der Waals surface area contributed by atoms with Gasteiger partial charge in [0.25, 0.3) is 0 Å². The first-order valence-electron chi connectivity index (χ1n) is 4.78. The maximum Gasteiger partial charge on any atom is 0.168 e. The summed E-state index contributed by atoms with van der Waals surface area (Å²) in [5.74, 6) is 0.0884. The van der Waals surface area contributed by atoms with Gasteiger partial charge < -0.3 is 0 Å². The second-order valence-corrected chi connectivity index (χ2v) is 7.09. The summed E-state index contributed by atoms with van der Waals surface area (Å²) in [6.07, 6.45) is 0.389. The van der Waals surface area contributed by atoms with Gasteiger partial charge in [0.2, 0.25) is 0 Å². The molecule has 0 unspecified atom stereocenters. The molecule has 0 aliphatic rings. The van der Waals surface area contributed by atoms with Crippen LogP contribution in [0.1, 0.15) is 15.2 Å². The second kappa shape index (κ2) is 5.65. The van der Waals surface area contributed by atoms with Gasteiger partial charge >= 0.3 is 0 Å². The third-order valence-electron chi connectivity index (χ3n) is 2.15. The molecule has 1 aromatic heterocycles. The maximum atomic E-state index is 12.0. The second-order valence-electron chi connectivity index (χ2n) is 3.46. The molecule has 2 rings (SSSR count). The summed E-state index contributed by atoms with van der Waals surface area (Å²) >= 11 is 14.0. The first kappa shape index (κ1) is 13.3. The molecule has 0 saturated heterocycles. The molecule has 1 aromatic carbocycles. The molecule has 88 valence electrons. The summed E-state index contributed by atoms with van der Waals surface area (Å²) < 4.78 is 2.49. The molecular weight excluding hydrogens is 387 g/mol. The van der Waals surface area contributed by atoms with Crippen molar-refractivity contribution in [3.05, 3.63) is 54.1 Å². The van der Waals surface area contributed by atoms with E-state index in [1.165, 1.54) is 11.3 Å². The molecule has 0 spiro atoms. The number of carbonyl (C=O) groups is 1. The molecule has 0 saturated carbocycles. The first-order chi connectivity index (χ1) is 8.04. The Morgan fingerprint density at radius 1 is 1.18 bits per heavy atom. The molecule has 0 radical (unpaired) electrons. The van der Waals surface area contributed by atoms with E-state index < -0.39 is 0 Å². The van der Waals surface area contributed by atoms with Crippen LogP contribution in [0.4, 0.5) is 0 Å². The van der Waals surface area contributed by atoms with Crippen LogP contribution in [0.25, 0.3) is 0 Å². The van der Waals surface area contributed by atoms with E-state index in [2.05, 4.69) is 31.9 Å². The van der Waals surface area contributed by atoms with Gasteiger partial charge in [-0.15, -0.1) is 11.3 Å². The molecule has 1 nitrogen and oxygen atoms in total. The van der Waals surface area contributed by atoms with E-state index in [1.807, 2.05) is 30.3 Å². The lowest BCUT2D eigenvalue weighted by Gasteiger charge is -2.01. The number of thiophene rings is 1. The van der Waals surface area contributed by atoms with Crippen molar-refractivity contribution in [3.8, 4) is 0 Å². The average molecular weight is 395 g/mol. The van der Waals surface area contributed by atoms with Gasteiger partial charge in [-0.1, -0.05) is 43.5 Å². The van der Waals surface area contributed by atoms with E-state index in [-0.39, 0.29) is 5.78 Å². The molecular formula is C12H7Br2ClOS. The molecule has 17 heavy (non-hydrogen) atoms. The van der Waals surface area contributed by atoms with Crippen LogP contribution in [-0.4, -0.2) is 5.78 Å². The van der Waals surface area contributed by atoms with E-state index in [1.54, 1.807) is 0 Å². The zero-order chi connectivity index (χ0) is 12.4. The van der Waals surface area contributed by atoms with Crippen LogP contribution in [0.3, 0.4) is 0 Å². The average Bonchev–Trinajstić information content (AvgIpc) is 2.62. The van der Waals surface area contributed by atoms with Crippen molar-refractivity contribution < 1.29 is 4.79 Å². The van der Waals surface area contributed by atoms with Crippen LogP contribution in [-0.2, 0) is 6.42 Å². The summed E-state index contributed by atoms with van der Waals surface area (Å²) in [5, 5.41) is 0. The van der Waals surface area contributed by atoms with Crippen LogP contribution in [0, 0.1) is 0 Å². The maximum absolute atomic E-state index is 12.0. The first-order valence-corrected chi connectivity index (χ1v) is 7.56. The van der Waals surface area contributed by atoms with Crippen molar-refractivity contribution in [3.63, 3.8) is 0 Å². The smallest absolute Gasteiger partial charge is 0.168 e. The summed E-state index contributed by atoms with van der Waals surface area (Å²) in [4.78, 5) is 13.0. The minimum atomic E-state index is 0.0884.